The molecule has 0 spiro atoms. The quantitative estimate of drug-likeness (QED) is 0.253. The molecule has 0 aliphatic rings. The fourth-order valence-electron chi connectivity index (χ4n) is 5.35. The van der Waals surface area contributed by atoms with Crippen LogP contribution in [-0.4, -0.2) is 4.98 Å². The van der Waals surface area contributed by atoms with Crippen LogP contribution in [0.25, 0.3) is 73.3 Å². The van der Waals surface area contributed by atoms with E-state index in [9.17, 15) is 0 Å². The van der Waals surface area contributed by atoms with Crippen LogP contribution in [0.3, 0.4) is 0 Å². The third-order valence-electron chi connectivity index (χ3n) is 6.82. The van der Waals surface area contributed by atoms with Crippen LogP contribution in [0.15, 0.2) is 97.1 Å². The van der Waals surface area contributed by atoms with Crippen LogP contribution >= 0.6 is 22.7 Å². The first kappa shape index (κ1) is 17.8. The van der Waals surface area contributed by atoms with Crippen LogP contribution in [0.1, 0.15) is 0 Å². The fourth-order valence-corrected chi connectivity index (χ4v) is 7.74. The fraction of sp³-hybridized carbons (Fsp3) is 0. The number of fused-ring (bicyclic) bond motifs is 11. The summed E-state index contributed by atoms with van der Waals surface area (Å²) >= 11 is 3.78. The van der Waals surface area contributed by atoms with Gasteiger partial charge >= 0.3 is 0 Å². The number of benzene rings is 5. The summed E-state index contributed by atoms with van der Waals surface area (Å²) in [4.78, 5) is 3.92. The molecule has 0 radical (unpaired) electrons. The molecule has 0 aliphatic heterocycles. The first-order chi connectivity index (χ1) is 16.4. The van der Waals surface area contributed by atoms with Crippen molar-refractivity contribution >= 4 is 84.8 Å². The maximum absolute atomic E-state index is 3.92. The number of H-pyrrole nitrogens is 1. The summed E-state index contributed by atoms with van der Waals surface area (Å²) in [7, 11) is 0. The first-order valence-corrected chi connectivity index (χ1v) is 12.8. The second-order valence-corrected chi connectivity index (χ2v) is 10.7. The summed E-state index contributed by atoms with van der Waals surface area (Å²) in [5.41, 5.74) is 5.07. The predicted octanol–water partition coefficient (Wildman–Crippen LogP) is 9.72. The Balaban J connectivity index is 1.64. The van der Waals surface area contributed by atoms with Gasteiger partial charge in [0, 0.05) is 41.7 Å². The third kappa shape index (κ3) is 2.36. The van der Waals surface area contributed by atoms with Crippen LogP contribution < -0.4 is 0 Å². The Bertz CT molecular complexity index is 2020. The zero-order valence-corrected chi connectivity index (χ0v) is 19.2. The van der Waals surface area contributed by atoms with Gasteiger partial charge in [0.05, 0.1) is 20.4 Å². The molecule has 1 N–H and O–H groups in total. The smallest absolute Gasteiger partial charge is 0.0653 e. The second kappa shape index (κ2) is 6.44. The lowest BCUT2D eigenvalue weighted by molar-refractivity contribution is 1.60. The topological polar surface area (TPSA) is 15.8 Å². The molecule has 8 aromatic rings. The van der Waals surface area contributed by atoms with E-state index in [1.54, 1.807) is 0 Å². The van der Waals surface area contributed by atoms with Crippen molar-refractivity contribution in [3.63, 3.8) is 0 Å². The third-order valence-corrected chi connectivity index (χ3v) is 9.23. The highest BCUT2D eigenvalue weighted by atomic mass is 32.1. The van der Waals surface area contributed by atoms with Crippen LogP contribution in [0, 0.1) is 0 Å². The molecule has 0 atom stereocenters. The standard InChI is InChI=1S/C30H17NS2/c1-2-8-17(9-3-1)22-16-23-19-11-5-7-13-25(19)33-30(23)28-26(22)21-15-14-20-18-10-4-6-12-24(18)32-29(20)27(21)31-28/h1-16,31H. The van der Waals surface area contributed by atoms with Crippen molar-refractivity contribution in [2.75, 3.05) is 0 Å². The minimum atomic E-state index is 1.26. The van der Waals surface area contributed by atoms with Crippen molar-refractivity contribution in [3.8, 4) is 11.1 Å². The van der Waals surface area contributed by atoms with Crippen molar-refractivity contribution < 1.29 is 0 Å². The van der Waals surface area contributed by atoms with E-state index in [2.05, 4.69) is 102 Å². The van der Waals surface area contributed by atoms with E-state index in [-0.39, 0.29) is 0 Å². The Labute approximate surface area is 197 Å². The summed E-state index contributed by atoms with van der Waals surface area (Å²) < 4.78 is 5.37. The first-order valence-electron chi connectivity index (χ1n) is 11.1. The van der Waals surface area contributed by atoms with Crippen molar-refractivity contribution in [1.29, 1.82) is 0 Å². The van der Waals surface area contributed by atoms with Gasteiger partial charge in [-0.15, -0.1) is 22.7 Å². The molecule has 8 rings (SSSR count). The van der Waals surface area contributed by atoms with Crippen molar-refractivity contribution in [2.45, 2.75) is 0 Å². The lowest BCUT2D eigenvalue weighted by Gasteiger charge is -2.06. The van der Waals surface area contributed by atoms with Gasteiger partial charge in [0.1, 0.15) is 0 Å². The van der Waals surface area contributed by atoms with E-state index < -0.39 is 0 Å². The highest BCUT2D eigenvalue weighted by Crippen LogP contribution is 2.47. The maximum atomic E-state index is 3.92. The molecule has 1 nitrogen and oxygen atoms in total. The van der Waals surface area contributed by atoms with Gasteiger partial charge in [0.2, 0.25) is 0 Å². The molecule has 3 heteroatoms. The molecule has 0 fully saturated rings. The lowest BCUT2D eigenvalue weighted by Crippen LogP contribution is -1.80. The van der Waals surface area contributed by atoms with E-state index in [0.717, 1.165) is 0 Å². The largest absolute Gasteiger partial charge is 0.352 e. The van der Waals surface area contributed by atoms with E-state index in [1.807, 2.05) is 22.7 Å². The van der Waals surface area contributed by atoms with Crippen molar-refractivity contribution in [2.24, 2.45) is 0 Å². The number of rotatable bonds is 1. The highest BCUT2D eigenvalue weighted by molar-refractivity contribution is 7.27. The highest BCUT2D eigenvalue weighted by Gasteiger charge is 2.19. The number of aromatic nitrogens is 1. The molecule has 0 amide bonds. The number of aromatic amines is 1. The van der Waals surface area contributed by atoms with Gasteiger partial charge < -0.3 is 4.98 Å². The van der Waals surface area contributed by atoms with Crippen LogP contribution in [0.5, 0.6) is 0 Å². The maximum Gasteiger partial charge on any atom is 0.0653 e. The summed E-state index contributed by atoms with van der Waals surface area (Å²) in [6.45, 7) is 0. The summed E-state index contributed by atoms with van der Waals surface area (Å²) in [6, 6.07) is 35.4. The van der Waals surface area contributed by atoms with E-state index in [0.29, 0.717) is 0 Å². The van der Waals surface area contributed by atoms with E-state index in [4.69, 9.17) is 0 Å². The molecule has 0 bridgehead atoms. The van der Waals surface area contributed by atoms with E-state index >= 15 is 0 Å². The number of nitrogens with one attached hydrogen (secondary N) is 1. The molecule has 33 heavy (non-hydrogen) atoms. The van der Waals surface area contributed by atoms with Gasteiger partial charge in [-0.05, 0) is 29.3 Å². The Morgan fingerprint density at radius 3 is 1.85 bits per heavy atom. The number of hydrogen-bond donors (Lipinski definition) is 1. The van der Waals surface area contributed by atoms with Crippen LogP contribution in [-0.2, 0) is 0 Å². The minimum absolute atomic E-state index is 1.26. The molecular weight excluding hydrogens is 438 g/mol. The van der Waals surface area contributed by atoms with Crippen LogP contribution in [0.4, 0.5) is 0 Å². The molecule has 0 saturated heterocycles. The molecule has 3 aromatic heterocycles. The molecule has 5 aromatic carbocycles. The molecule has 0 saturated carbocycles. The number of hydrogen-bond acceptors (Lipinski definition) is 2. The molecule has 0 unspecified atom stereocenters. The summed E-state index contributed by atoms with van der Waals surface area (Å²) in [6.07, 6.45) is 0. The molecule has 0 aliphatic carbocycles. The Kier molecular flexibility index (Phi) is 3.48. The summed E-state index contributed by atoms with van der Waals surface area (Å²) in [5.74, 6) is 0. The van der Waals surface area contributed by atoms with Gasteiger partial charge in [-0.25, -0.2) is 0 Å². The molecule has 3 heterocycles. The van der Waals surface area contributed by atoms with Gasteiger partial charge in [0.15, 0.2) is 0 Å². The van der Waals surface area contributed by atoms with E-state index in [1.165, 1.54) is 73.3 Å². The van der Waals surface area contributed by atoms with Gasteiger partial charge in [-0.1, -0.05) is 78.9 Å². The van der Waals surface area contributed by atoms with Gasteiger partial charge in [0.25, 0.3) is 0 Å². The Morgan fingerprint density at radius 2 is 1.09 bits per heavy atom. The average Bonchev–Trinajstić information content (AvgIpc) is 3.55. The normalized spacial score (nSPS) is 12.2. The number of thiophene rings is 2. The molecular formula is C30H17NS2. The van der Waals surface area contributed by atoms with Crippen molar-refractivity contribution in [3.05, 3.63) is 97.1 Å². The summed E-state index contributed by atoms with van der Waals surface area (Å²) in [5, 5.41) is 7.98. The SMILES string of the molecule is c1ccc(-c2cc3c4ccccc4sc3c3[nH]c4c(ccc5c6ccccc6sc54)c23)cc1. The second-order valence-electron chi connectivity index (χ2n) is 8.60. The zero-order valence-electron chi connectivity index (χ0n) is 17.6. The zero-order chi connectivity index (χ0) is 21.5. The Hall–Kier alpha value is -3.66. The molecule has 154 valence electrons. The lowest BCUT2D eigenvalue weighted by atomic mass is 9.96. The average molecular weight is 456 g/mol. The van der Waals surface area contributed by atoms with Crippen LogP contribution in [0.2, 0.25) is 0 Å². The predicted molar refractivity (Wildman–Crippen MR) is 147 cm³/mol. The van der Waals surface area contributed by atoms with Crippen molar-refractivity contribution in [1.82, 2.24) is 4.98 Å². The minimum Gasteiger partial charge on any atom is -0.352 e. The van der Waals surface area contributed by atoms with Gasteiger partial charge in [-0.3, -0.25) is 0 Å². The Morgan fingerprint density at radius 1 is 0.485 bits per heavy atom. The monoisotopic (exact) mass is 455 g/mol. The van der Waals surface area contributed by atoms with Gasteiger partial charge in [-0.2, -0.15) is 0 Å².